The summed E-state index contributed by atoms with van der Waals surface area (Å²) in [5.74, 6) is 1.44. The van der Waals surface area contributed by atoms with Crippen LogP contribution in [0, 0.1) is 10.8 Å². The lowest BCUT2D eigenvalue weighted by Crippen LogP contribution is -2.15. The summed E-state index contributed by atoms with van der Waals surface area (Å²) in [6, 6.07) is 10.9. The summed E-state index contributed by atoms with van der Waals surface area (Å²) in [5.41, 5.74) is 17.4. The predicted molar refractivity (Wildman–Crippen MR) is 118 cm³/mol. The molecule has 9 N–H and O–H groups in total. The van der Waals surface area contributed by atoms with E-state index in [0.29, 0.717) is 22.8 Å². The Balaban J connectivity index is 1.45. The second kappa shape index (κ2) is 6.59. The largest absolute Gasteiger partial charge is 0.384 e. The van der Waals surface area contributed by atoms with Crippen molar-refractivity contribution in [2.24, 2.45) is 11.5 Å². The molecule has 2 aromatic heterocycles. The van der Waals surface area contributed by atoms with E-state index in [0.717, 1.165) is 39.9 Å². The fraction of sp³-hybridized carbons (Fsp3) is 0.0476. The van der Waals surface area contributed by atoms with Gasteiger partial charge in [0.25, 0.3) is 0 Å². The number of hydrogen-bond donors (Lipinski definition) is 7. The van der Waals surface area contributed by atoms with Crippen molar-refractivity contribution in [2.45, 2.75) is 6.42 Å². The average Bonchev–Trinajstić information content (AvgIpc) is 3.36. The maximum absolute atomic E-state index is 7.60. The minimum absolute atomic E-state index is 0.0195. The summed E-state index contributed by atoms with van der Waals surface area (Å²) in [7, 11) is 0. The third-order valence-corrected chi connectivity index (χ3v) is 5.01. The number of rotatable bonds is 4. The van der Waals surface area contributed by atoms with Gasteiger partial charge in [-0.05, 0) is 42.8 Å². The minimum atomic E-state index is 0.0195. The molecule has 0 spiro atoms. The van der Waals surface area contributed by atoms with E-state index in [9.17, 15) is 0 Å². The van der Waals surface area contributed by atoms with Gasteiger partial charge in [0.1, 0.15) is 11.7 Å². The zero-order chi connectivity index (χ0) is 20.8. The number of aromatic amines is 2. The number of benzene rings is 2. The summed E-state index contributed by atoms with van der Waals surface area (Å²) in [6.45, 7) is 0. The molecule has 0 atom stereocenters. The van der Waals surface area contributed by atoms with Crippen molar-refractivity contribution in [3.8, 4) is 0 Å². The monoisotopic (exact) mass is 397 g/mol. The number of imidazole rings is 2. The standard InChI is InChI=1S/C21H19N9/c22-18(23)10-4-6-12-16(8-10)29-20(27-12)14-2-1-3-15(26-14)21-28-13-7-5-11(19(24)25)9-17(13)30-21/h2-9,26H,1H2,(H3,22,23)(H3,24,25)(H,27,29)(H,28,30). The normalized spacial score (nSPS) is 13.7. The number of nitrogens with one attached hydrogen (secondary N) is 5. The van der Waals surface area contributed by atoms with Crippen LogP contribution in [0.25, 0.3) is 33.5 Å². The first kappa shape index (κ1) is 17.7. The van der Waals surface area contributed by atoms with Crippen LogP contribution in [-0.2, 0) is 0 Å². The summed E-state index contributed by atoms with van der Waals surface area (Å²) in [4.78, 5) is 15.9. The van der Waals surface area contributed by atoms with Gasteiger partial charge >= 0.3 is 0 Å². The predicted octanol–water partition coefficient (Wildman–Crippen LogP) is 2.38. The Morgan fingerprint density at radius 1 is 0.767 bits per heavy atom. The number of dihydropyridines is 1. The molecule has 0 saturated heterocycles. The lowest BCUT2D eigenvalue weighted by molar-refractivity contribution is 1.07. The van der Waals surface area contributed by atoms with Gasteiger partial charge in [0.2, 0.25) is 0 Å². The highest BCUT2D eigenvalue weighted by Gasteiger charge is 2.16. The van der Waals surface area contributed by atoms with Crippen molar-refractivity contribution >= 4 is 45.1 Å². The lowest BCUT2D eigenvalue weighted by atomic mass is 10.2. The molecular formula is C21H19N9. The van der Waals surface area contributed by atoms with Crippen molar-refractivity contribution in [2.75, 3.05) is 0 Å². The Morgan fingerprint density at radius 2 is 1.23 bits per heavy atom. The highest BCUT2D eigenvalue weighted by Crippen LogP contribution is 2.25. The summed E-state index contributed by atoms with van der Waals surface area (Å²) >= 11 is 0. The minimum Gasteiger partial charge on any atom is -0.384 e. The van der Waals surface area contributed by atoms with Gasteiger partial charge in [-0.3, -0.25) is 10.8 Å². The molecule has 9 heteroatoms. The van der Waals surface area contributed by atoms with Crippen LogP contribution in [-0.4, -0.2) is 31.6 Å². The molecule has 1 aliphatic rings. The molecule has 0 unspecified atom stereocenters. The van der Waals surface area contributed by atoms with Crippen LogP contribution in [0.2, 0.25) is 0 Å². The third-order valence-electron chi connectivity index (χ3n) is 5.01. The molecule has 4 aromatic rings. The van der Waals surface area contributed by atoms with Crippen molar-refractivity contribution in [1.29, 1.82) is 10.8 Å². The second-order valence-electron chi connectivity index (χ2n) is 7.06. The van der Waals surface area contributed by atoms with E-state index in [2.05, 4.69) is 25.3 Å². The molecule has 0 bridgehead atoms. The van der Waals surface area contributed by atoms with Crippen LogP contribution in [0.3, 0.4) is 0 Å². The number of nitrogens with zero attached hydrogens (tertiary/aromatic N) is 2. The molecule has 0 radical (unpaired) electrons. The summed E-state index contributed by atoms with van der Waals surface area (Å²) in [6.07, 6.45) is 4.82. The maximum Gasteiger partial charge on any atom is 0.154 e. The Kier molecular flexibility index (Phi) is 3.88. The Labute approximate surface area is 170 Å². The van der Waals surface area contributed by atoms with Gasteiger partial charge in [-0.15, -0.1) is 0 Å². The first-order chi connectivity index (χ1) is 14.5. The summed E-state index contributed by atoms with van der Waals surface area (Å²) in [5, 5.41) is 18.6. The van der Waals surface area contributed by atoms with Crippen LogP contribution >= 0.6 is 0 Å². The van der Waals surface area contributed by atoms with Crippen LogP contribution in [0.1, 0.15) is 29.2 Å². The van der Waals surface area contributed by atoms with Crippen LogP contribution in [0.15, 0.2) is 48.6 Å². The Bertz CT molecular complexity index is 1290. The van der Waals surface area contributed by atoms with Crippen LogP contribution in [0.4, 0.5) is 0 Å². The fourth-order valence-corrected chi connectivity index (χ4v) is 3.46. The molecule has 0 fully saturated rings. The first-order valence-electron chi connectivity index (χ1n) is 9.34. The lowest BCUT2D eigenvalue weighted by Gasteiger charge is -2.15. The van der Waals surface area contributed by atoms with Gasteiger partial charge in [-0.1, -0.05) is 12.2 Å². The maximum atomic E-state index is 7.60. The second-order valence-corrected chi connectivity index (χ2v) is 7.06. The molecule has 2 aromatic carbocycles. The smallest absolute Gasteiger partial charge is 0.154 e. The number of amidine groups is 2. The van der Waals surface area contributed by atoms with Crippen molar-refractivity contribution < 1.29 is 0 Å². The summed E-state index contributed by atoms with van der Waals surface area (Å²) < 4.78 is 0. The SMILES string of the molecule is N=C(N)c1ccc2nc(C3=CCC=C(c4nc5ccc(C(=N)N)cc5[nH]4)N3)[nH]c2c1. The van der Waals surface area contributed by atoms with E-state index in [1.54, 1.807) is 12.1 Å². The Hall–Kier alpha value is -4.40. The molecule has 148 valence electrons. The molecule has 3 heterocycles. The fourth-order valence-electron chi connectivity index (χ4n) is 3.46. The van der Waals surface area contributed by atoms with Gasteiger partial charge in [-0.25, -0.2) is 9.97 Å². The highest BCUT2D eigenvalue weighted by atomic mass is 15.1. The van der Waals surface area contributed by atoms with E-state index in [1.165, 1.54) is 0 Å². The number of fused-ring (bicyclic) bond motifs is 2. The molecule has 0 aliphatic carbocycles. The van der Waals surface area contributed by atoms with Crippen molar-refractivity contribution in [3.05, 3.63) is 71.3 Å². The third kappa shape index (κ3) is 2.98. The molecule has 0 saturated carbocycles. The topological polar surface area (TPSA) is 169 Å². The molecule has 0 amide bonds. The van der Waals surface area contributed by atoms with Crippen LogP contribution < -0.4 is 16.8 Å². The molecule has 5 rings (SSSR count). The highest BCUT2D eigenvalue weighted by molar-refractivity contribution is 5.99. The van der Waals surface area contributed by atoms with Gasteiger partial charge < -0.3 is 26.8 Å². The van der Waals surface area contributed by atoms with Gasteiger partial charge in [0.15, 0.2) is 11.6 Å². The van der Waals surface area contributed by atoms with Crippen molar-refractivity contribution in [3.63, 3.8) is 0 Å². The number of hydrogen-bond acceptors (Lipinski definition) is 5. The van der Waals surface area contributed by atoms with E-state index in [1.807, 2.05) is 36.4 Å². The molecule has 30 heavy (non-hydrogen) atoms. The molecule has 1 aliphatic heterocycles. The zero-order valence-electron chi connectivity index (χ0n) is 15.9. The number of allylic oxidation sites excluding steroid dienone is 2. The number of H-pyrrole nitrogens is 2. The van der Waals surface area contributed by atoms with Gasteiger partial charge in [0.05, 0.1) is 33.5 Å². The van der Waals surface area contributed by atoms with E-state index in [-0.39, 0.29) is 11.7 Å². The molecular weight excluding hydrogens is 378 g/mol. The average molecular weight is 397 g/mol. The number of nitrogens with two attached hydrogens (primary N) is 2. The van der Waals surface area contributed by atoms with E-state index in [4.69, 9.17) is 22.3 Å². The van der Waals surface area contributed by atoms with Gasteiger partial charge in [0, 0.05) is 11.1 Å². The first-order valence-corrected chi connectivity index (χ1v) is 9.34. The van der Waals surface area contributed by atoms with E-state index >= 15 is 0 Å². The number of nitrogen functional groups attached to an aromatic ring is 2. The van der Waals surface area contributed by atoms with Gasteiger partial charge in [-0.2, -0.15) is 0 Å². The molecule has 9 nitrogen and oxygen atoms in total. The van der Waals surface area contributed by atoms with Crippen LogP contribution in [0.5, 0.6) is 0 Å². The number of aromatic nitrogens is 4. The quantitative estimate of drug-likeness (QED) is 0.207. The Morgan fingerprint density at radius 3 is 1.67 bits per heavy atom. The zero-order valence-corrected chi connectivity index (χ0v) is 15.9. The van der Waals surface area contributed by atoms with Crippen molar-refractivity contribution in [1.82, 2.24) is 25.3 Å². The van der Waals surface area contributed by atoms with E-state index < -0.39 is 0 Å².